The van der Waals surface area contributed by atoms with Crippen LogP contribution in [0.4, 0.5) is 0 Å². The number of piperidine rings is 1. The van der Waals surface area contributed by atoms with Crippen molar-refractivity contribution in [2.24, 2.45) is 0 Å². The Morgan fingerprint density at radius 3 is 2.94 bits per heavy atom. The third kappa shape index (κ3) is 5.06. The van der Waals surface area contributed by atoms with Gasteiger partial charge in [0.15, 0.2) is 0 Å². The lowest BCUT2D eigenvalue weighted by molar-refractivity contribution is 0.0233. The van der Waals surface area contributed by atoms with Gasteiger partial charge in [-0.05, 0) is 50.8 Å². The molecule has 0 aromatic carbocycles. The lowest BCUT2D eigenvalue weighted by Crippen LogP contribution is -2.34. The molecule has 0 atom stereocenters. The first kappa shape index (κ1) is 14.0. The first-order valence-electron chi connectivity index (χ1n) is 6.88. The number of hydrogen-bond acceptors (Lipinski definition) is 4. The van der Waals surface area contributed by atoms with Crippen molar-refractivity contribution >= 4 is 11.3 Å². The van der Waals surface area contributed by atoms with Gasteiger partial charge in [0.2, 0.25) is 0 Å². The molecule has 2 heterocycles. The highest BCUT2D eigenvalue weighted by Gasteiger charge is 2.12. The van der Waals surface area contributed by atoms with Gasteiger partial charge in [-0.1, -0.05) is 6.07 Å². The molecule has 1 aromatic rings. The van der Waals surface area contributed by atoms with Crippen molar-refractivity contribution in [2.75, 3.05) is 39.8 Å². The summed E-state index contributed by atoms with van der Waals surface area (Å²) >= 11 is 1.85. The number of thiophene rings is 1. The van der Waals surface area contributed by atoms with E-state index in [2.05, 4.69) is 34.8 Å². The van der Waals surface area contributed by atoms with E-state index < -0.39 is 0 Å². The Kier molecular flexibility index (Phi) is 6.14. The summed E-state index contributed by atoms with van der Waals surface area (Å²) in [6.45, 7) is 5.24. The number of ether oxygens (including phenoxy) is 1. The second-order valence-electron chi connectivity index (χ2n) is 4.95. The summed E-state index contributed by atoms with van der Waals surface area (Å²) in [5, 5.41) is 5.51. The number of nitrogens with one attached hydrogen (secondary N) is 1. The van der Waals surface area contributed by atoms with Crippen LogP contribution in [-0.2, 0) is 11.2 Å². The molecule has 0 radical (unpaired) electrons. The van der Waals surface area contributed by atoms with Crippen molar-refractivity contribution in [3.63, 3.8) is 0 Å². The number of likely N-dealkylation sites (N-methyl/N-ethyl adjacent to an activating group) is 1. The van der Waals surface area contributed by atoms with Crippen LogP contribution in [0.25, 0.3) is 0 Å². The average molecular weight is 268 g/mol. The fourth-order valence-corrected chi connectivity index (χ4v) is 2.90. The maximum Gasteiger partial charge on any atom is 0.0600 e. The third-order valence-corrected chi connectivity index (χ3v) is 4.37. The van der Waals surface area contributed by atoms with Crippen molar-refractivity contribution in [1.29, 1.82) is 0 Å². The SMILES string of the molecule is CN(CCOC1CCNCC1)CCc1cccs1. The van der Waals surface area contributed by atoms with E-state index in [0.717, 1.165) is 39.2 Å². The highest BCUT2D eigenvalue weighted by Crippen LogP contribution is 2.10. The molecular formula is C14H24N2OS. The lowest BCUT2D eigenvalue weighted by Gasteiger charge is -2.24. The van der Waals surface area contributed by atoms with E-state index in [1.54, 1.807) is 0 Å². The minimum absolute atomic E-state index is 0.483. The molecule has 0 aliphatic carbocycles. The third-order valence-electron chi connectivity index (χ3n) is 3.43. The van der Waals surface area contributed by atoms with Crippen molar-refractivity contribution in [3.8, 4) is 0 Å². The smallest absolute Gasteiger partial charge is 0.0600 e. The monoisotopic (exact) mass is 268 g/mol. The van der Waals surface area contributed by atoms with E-state index in [0.29, 0.717) is 6.10 Å². The van der Waals surface area contributed by atoms with E-state index in [-0.39, 0.29) is 0 Å². The van der Waals surface area contributed by atoms with Crippen LogP contribution >= 0.6 is 11.3 Å². The Labute approximate surface area is 114 Å². The van der Waals surface area contributed by atoms with Gasteiger partial charge in [0, 0.05) is 18.0 Å². The molecule has 0 bridgehead atoms. The zero-order valence-electron chi connectivity index (χ0n) is 11.2. The van der Waals surface area contributed by atoms with Crippen LogP contribution in [0.3, 0.4) is 0 Å². The zero-order valence-corrected chi connectivity index (χ0v) is 12.0. The topological polar surface area (TPSA) is 24.5 Å². The van der Waals surface area contributed by atoms with Gasteiger partial charge in [-0.3, -0.25) is 0 Å². The summed E-state index contributed by atoms with van der Waals surface area (Å²) in [5.74, 6) is 0. The van der Waals surface area contributed by atoms with E-state index in [4.69, 9.17) is 4.74 Å². The van der Waals surface area contributed by atoms with Crippen LogP contribution in [0.1, 0.15) is 17.7 Å². The van der Waals surface area contributed by atoms with Gasteiger partial charge in [-0.25, -0.2) is 0 Å². The zero-order chi connectivity index (χ0) is 12.6. The molecule has 0 unspecified atom stereocenters. The van der Waals surface area contributed by atoms with E-state index in [9.17, 15) is 0 Å². The minimum Gasteiger partial charge on any atom is -0.377 e. The Bertz CT molecular complexity index is 310. The second-order valence-corrected chi connectivity index (χ2v) is 5.99. The summed E-state index contributed by atoms with van der Waals surface area (Å²) in [6, 6.07) is 4.34. The van der Waals surface area contributed by atoms with Gasteiger partial charge in [-0.2, -0.15) is 0 Å². The van der Waals surface area contributed by atoms with Gasteiger partial charge < -0.3 is 15.0 Å². The van der Waals surface area contributed by atoms with Crippen LogP contribution in [-0.4, -0.2) is 50.8 Å². The van der Waals surface area contributed by atoms with Crippen LogP contribution in [0, 0.1) is 0 Å². The van der Waals surface area contributed by atoms with E-state index >= 15 is 0 Å². The molecule has 2 rings (SSSR count). The van der Waals surface area contributed by atoms with Crippen LogP contribution in [0.2, 0.25) is 0 Å². The lowest BCUT2D eigenvalue weighted by atomic mass is 10.1. The summed E-state index contributed by atoms with van der Waals surface area (Å²) in [5.41, 5.74) is 0. The molecule has 0 amide bonds. The normalized spacial score (nSPS) is 17.4. The summed E-state index contributed by atoms with van der Waals surface area (Å²) in [7, 11) is 2.18. The van der Waals surface area contributed by atoms with Gasteiger partial charge in [-0.15, -0.1) is 11.3 Å². The highest BCUT2D eigenvalue weighted by atomic mass is 32.1. The predicted octanol–water partition coefficient (Wildman–Crippen LogP) is 1.99. The molecule has 1 fully saturated rings. The van der Waals surface area contributed by atoms with Gasteiger partial charge in [0.1, 0.15) is 0 Å². The van der Waals surface area contributed by atoms with Gasteiger partial charge in [0.25, 0.3) is 0 Å². The highest BCUT2D eigenvalue weighted by molar-refractivity contribution is 7.09. The molecule has 102 valence electrons. The van der Waals surface area contributed by atoms with Crippen LogP contribution < -0.4 is 5.32 Å². The molecule has 1 aromatic heterocycles. The van der Waals surface area contributed by atoms with Crippen LogP contribution in [0.5, 0.6) is 0 Å². The Balaban J connectivity index is 1.52. The number of nitrogens with zero attached hydrogens (tertiary/aromatic N) is 1. The summed E-state index contributed by atoms with van der Waals surface area (Å²) in [4.78, 5) is 3.84. The minimum atomic E-state index is 0.483. The summed E-state index contributed by atoms with van der Waals surface area (Å²) in [6.07, 6.45) is 3.97. The molecule has 0 saturated carbocycles. The van der Waals surface area contributed by atoms with Crippen molar-refractivity contribution in [2.45, 2.75) is 25.4 Å². The molecule has 4 heteroatoms. The predicted molar refractivity (Wildman–Crippen MR) is 77.4 cm³/mol. The van der Waals surface area contributed by atoms with Gasteiger partial charge in [0.05, 0.1) is 12.7 Å². The molecule has 1 aliphatic heterocycles. The molecule has 1 aliphatic rings. The standard InChI is InChI=1S/C14H24N2OS/c1-16(9-6-14-3-2-12-18-14)10-11-17-13-4-7-15-8-5-13/h2-3,12-13,15H,4-11H2,1H3. The maximum absolute atomic E-state index is 5.91. The average Bonchev–Trinajstić information content (AvgIpc) is 2.91. The molecule has 18 heavy (non-hydrogen) atoms. The van der Waals surface area contributed by atoms with Gasteiger partial charge >= 0.3 is 0 Å². The molecule has 0 spiro atoms. The first-order valence-corrected chi connectivity index (χ1v) is 7.76. The molecule has 1 N–H and O–H groups in total. The number of hydrogen-bond donors (Lipinski definition) is 1. The fraction of sp³-hybridized carbons (Fsp3) is 0.714. The van der Waals surface area contributed by atoms with E-state index in [1.165, 1.54) is 17.7 Å². The fourth-order valence-electron chi connectivity index (χ4n) is 2.21. The van der Waals surface area contributed by atoms with Crippen LogP contribution in [0.15, 0.2) is 17.5 Å². The van der Waals surface area contributed by atoms with Crippen molar-refractivity contribution in [1.82, 2.24) is 10.2 Å². The molecular weight excluding hydrogens is 244 g/mol. The van der Waals surface area contributed by atoms with Crippen molar-refractivity contribution < 1.29 is 4.74 Å². The van der Waals surface area contributed by atoms with E-state index in [1.807, 2.05) is 11.3 Å². The Hall–Kier alpha value is -0.420. The Morgan fingerprint density at radius 1 is 1.39 bits per heavy atom. The van der Waals surface area contributed by atoms with Crippen molar-refractivity contribution in [3.05, 3.63) is 22.4 Å². The molecule has 3 nitrogen and oxygen atoms in total. The number of rotatable bonds is 7. The molecule has 1 saturated heterocycles. The second kappa shape index (κ2) is 7.89. The quantitative estimate of drug-likeness (QED) is 0.818. The summed E-state index contributed by atoms with van der Waals surface area (Å²) < 4.78 is 5.91. The maximum atomic E-state index is 5.91. The Morgan fingerprint density at radius 2 is 2.22 bits per heavy atom. The largest absolute Gasteiger partial charge is 0.377 e. The first-order chi connectivity index (χ1) is 8.84.